The highest BCUT2D eigenvalue weighted by molar-refractivity contribution is 6.31. The predicted octanol–water partition coefficient (Wildman–Crippen LogP) is 5.20. The molecule has 6 nitrogen and oxygen atoms in total. The second-order valence-corrected chi connectivity index (χ2v) is 9.19. The lowest BCUT2D eigenvalue weighted by Gasteiger charge is -2.23. The molecular formula is C24H27ClN2O4. The van der Waals surface area contributed by atoms with Gasteiger partial charge in [-0.05, 0) is 51.3 Å². The van der Waals surface area contributed by atoms with E-state index in [9.17, 15) is 14.4 Å². The average Bonchev–Trinajstić information content (AvgIpc) is 3.51. The Balaban J connectivity index is 1.79. The first-order valence-electron chi connectivity index (χ1n) is 10.3. The second kappa shape index (κ2) is 9.52. The molecule has 0 heterocycles. The third-order valence-corrected chi connectivity index (χ3v) is 5.03. The number of rotatable bonds is 7. The minimum Gasteiger partial charge on any atom is -0.444 e. The summed E-state index contributed by atoms with van der Waals surface area (Å²) in [5.41, 5.74) is 0.446. The van der Waals surface area contributed by atoms with Crippen molar-refractivity contribution in [3.8, 4) is 0 Å². The molecule has 0 unspecified atom stereocenters. The van der Waals surface area contributed by atoms with Gasteiger partial charge < -0.3 is 15.4 Å². The fourth-order valence-electron chi connectivity index (χ4n) is 3.15. The zero-order valence-electron chi connectivity index (χ0n) is 17.9. The molecule has 0 bridgehead atoms. The van der Waals surface area contributed by atoms with Gasteiger partial charge in [0, 0.05) is 16.1 Å². The van der Waals surface area contributed by atoms with E-state index in [1.807, 2.05) is 6.07 Å². The summed E-state index contributed by atoms with van der Waals surface area (Å²) in [4.78, 5) is 38.3. The second-order valence-electron chi connectivity index (χ2n) is 8.75. The molecule has 1 fully saturated rings. The number of alkyl carbamates (subject to hydrolysis) is 1. The first kappa shape index (κ1) is 22.8. The van der Waals surface area contributed by atoms with Gasteiger partial charge in [-0.25, -0.2) is 4.79 Å². The van der Waals surface area contributed by atoms with E-state index in [4.69, 9.17) is 16.3 Å². The Labute approximate surface area is 187 Å². The maximum Gasteiger partial charge on any atom is 0.408 e. The van der Waals surface area contributed by atoms with Crippen molar-refractivity contribution in [3.63, 3.8) is 0 Å². The van der Waals surface area contributed by atoms with Gasteiger partial charge in [-0.1, -0.05) is 54.8 Å². The fraction of sp³-hybridized carbons (Fsp3) is 0.375. The van der Waals surface area contributed by atoms with Crippen molar-refractivity contribution < 1.29 is 19.1 Å². The summed E-state index contributed by atoms with van der Waals surface area (Å²) in [6.07, 6.45) is 1.92. The van der Waals surface area contributed by atoms with Crippen LogP contribution in [0.25, 0.3) is 0 Å². The number of carbonyl (C=O) groups excluding carboxylic acids is 3. The van der Waals surface area contributed by atoms with Gasteiger partial charge in [0.25, 0.3) is 0 Å². The summed E-state index contributed by atoms with van der Waals surface area (Å²) in [6, 6.07) is 12.7. The molecule has 1 aliphatic rings. The van der Waals surface area contributed by atoms with Crippen molar-refractivity contribution in [1.82, 2.24) is 5.32 Å². The molecule has 0 radical (unpaired) electrons. The Morgan fingerprint density at radius 2 is 1.77 bits per heavy atom. The van der Waals surface area contributed by atoms with Crippen molar-refractivity contribution in [2.45, 2.75) is 51.7 Å². The van der Waals surface area contributed by atoms with E-state index in [0.717, 1.165) is 12.8 Å². The maximum atomic E-state index is 13.0. The van der Waals surface area contributed by atoms with Crippen LogP contribution in [-0.4, -0.2) is 29.4 Å². The molecule has 0 saturated heterocycles. The summed E-state index contributed by atoms with van der Waals surface area (Å²) in [7, 11) is 0. The molecule has 0 spiro atoms. The molecule has 1 atom stereocenters. The van der Waals surface area contributed by atoms with Crippen molar-refractivity contribution in [2.75, 3.05) is 5.32 Å². The van der Waals surface area contributed by atoms with Crippen LogP contribution in [0.15, 0.2) is 48.5 Å². The molecule has 3 rings (SSSR count). The summed E-state index contributed by atoms with van der Waals surface area (Å²) in [5.74, 6) is -0.263. The number of hydrogen-bond acceptors (Lipinski definition) is 4. The number of benzene rings is 2. The highest BCUT2D eigenvalue weighted by Crippen LogP contribution is 2.34. The van der Waals surface area contributed by atoms with Crippen LogP contribution >= 0.6 is 11.6 Å². The van der Waals surface area contributed by atoms with E-state index in [1.54, 1.807) is 57.2 Å². The number of halogens is 1. The Hall–Kier alpha value is -2.86. The van der Waals surface area contributed by atoms with Crippen molar-refractivity contribution in [3.05, 3.63) is 64.7 Å². The predicted molar refractivity (Wildman–Crippen MR) is 120 cm³/mol. The maximum absolute atomic E-state index is 13.0. The van der Waals surface area contributed by atoms with E-state index in [0.29, 0.717) is 28.6 Å². The van der Waals surface area contributed by atoms with Gasteiger partial charge in [0.2, 0.25) is 5.91 Å². The van der Waals surface area contributed by atoms with Gasteiger partial charge in [0.05, 0.1) is 5.69 Å². The molecule has 7 heteroatoms. The Bertz CT molecular complexity index is 965. The van der Waals surface area contributed by atoms with Gasteiger partial charge in [-0.2, -0.15) is 0 Å². The van der Waals surface area contributed by atoms with Crippen LogP contribution < -0.4 is 10.6 Å². The van der Waals surface area contributed by atoms with Gasteiger partial charge in [0.1, 0.15) is 11.6 Å². The SMILES string of the molecule is CC(C)(C)OC(=O)N[C@@H](CC1CC1)C(=O)Nc1ccc(Cl)cc1C(=O)c1ccccc1. The number of hydrogen-bond donors (Lipinski definition) is 2. The quantitative estimate of drug-likeness (QED) is 0.577. The van der Waals surface area contributed by atoms with Gasteiger partial charge in [-0.3, -0.25) is 9.59 Å². The van der Waals surface area contributed by atoms with Crippen LogP contribution in [-0.2, 0) is 9.53 Å². The molecule has 0 aromatic heterocycles. The number of carbonyl (C=O) groups is 3. The van der Waals surface area contributed by atoms with E-state index < -0.39 is 23.6 Å². The van der Waals surface area contributed by atoms with Crippen LogP contribution in [0.5, 0.6) is 0 Å². The van der Waals surface area contributed by atoms with Crippen molar-refractivity contribution in [1.29, 1.82) is 0 Å². The molecule has 1 saturated carbocycles. The Morgan fingerprint density at radius 3 is 2.39 bits per heavy atom. The molecule has 1 aliphatic carbocycles. The number of nitrogens with one attached hydrogen (secondary N) is 2. The van der Waals surface area contributed by atoms with E-state index >= 15 is 0 Å². The average molecular weight is 443 g/mol. The van der Waals surface area contributed by atoms with Crippen LogP contribution in [0, 0.1) is 5.92 Å². The van der Waals surface area contributed by atoms with Crippen LogP contribution in [0.3, 0.4) is 0 Å². The largest absolute Gasteiger partial charge is 0.444 e. The highest BCUT2D eigenvalue weighted by atomic mass is 35.5. The third kappa shape index (κ3) is 6.82. The molecule has 0 aliphatic heterocycles. The van der Waals surface area contributed by atoms with Crippen molar-refractivity contribution >= 4 is 35.1 Å². The monoisotopic (exact) mass is 442 g/mol. The van der Waals surface area contributed by atoms with Crippen LogP contribution in [0.2, 0.25) is 5.02 Å². The first-order chi connectivity index (χ1) is 14.6. The van der Waals surface area contributed by atoms with E-state index in [-0.39, 0.29) is 11.3 Å². The Kier molecular flexibility index (Phi) is 7.01. The molecule has 2 aromatic carbocycles. The lowest BCUT2D eigenvalue weighted by molar-refractivity contribution is -0.118. The number of ketones is 1. The van der Waals surface area contributed by atoms with E-state index in [2.05, 4.69) is 10.6 Å². The molecule has 31 heavy (non-hydrogen) atoms. The highest BCUT2D eigenvalue weighted by Gasteiger charge is 2.32. The van der Waals surface area contributed by atoms with Gasteiger partial charge in [-0.15, -0.1) is 0 Å². The van der Waals surface area contributed by atoms with Gasteiger partial charge in [0.15, 0.2) is 5.78 Å². The third-order valence-electron chi connectivity index (χ3n) is 4.79. The zero-order chi connectivity index (χ0) is 22.6. The van der Waals surface area contributed by atoms with Crippen LogP contribution in [0.1, 0.15) is 56.0 Å². The van der Waals surface area contributed by atoms with Gasteiger partial charge >= 0.3 is 6.09 Å². The minimum atomic E-state index is -0.766. The number of anilines is 1. The Morgan fingerprint density at radius 1 is 1.10 bits per heavy atom. The van der Waals surface area contributed by atoms with Crippen LogP contribution in [0.4, 0.5) is 10.5 Å². The summed E-state index contributed by atoms with van der Waals surface area (Å²) >= 11 is 6.12. The fourth-order valence-corrected chi connectivity index (χ4v) is 3.32. The topological polar surface area (TPSA) is 84.5 Å². The lowest BCUT2D eigenvalue weighted by Crippen LogP contribution is -2.46. The van der Waals surface area contributed by atoms with E-state index in [1.165, 1.54) is 6.07 Å². The first-order valence-corrected chi connectivity index (χ1v) is 10.7. The lowest BCUT2D eigenvalue weighted by atomic mass is 10.0. The van der Waals surface area contributed by atoms with Crippen molar-refractivity contribution in [2.24, 2.45) is 5.92 Å². The number of amides is 2. The minimum absolute atomic E-state index is 0.253. The summed E-state index contributed by atoms with van der Waals surface area (Å²) in [5, 5.41) is 5.86. The molecule has 164 valence electrons. The molecule has 2 N–H and O–H groups in total. The molecule has 2 aromatic rings. The molecular weight excluding hydrogens is 416 g/mol. The number of ether oxygens (including phenoxy) is 1. The smallest absolute Gasteiger partial charge is 0.408 e. The zero-order valence-corrected chi connectivity index (χ0v) is 18.7. The molecule has 2 amide bonds. The standard InChI is InChI=1S/C24H27ClN2O4/c1-24(2,3)31-23(30)27-20(13-15-9-10-15)22(29)26-19-12-11-17(25)14-18(19)21(28)16-7-5-4-6-8-16/h4-8,11-12,14-15,20H,9-10,13H2,1-3H3,(H,26,29)(H,27,30)/t20-/m0/s1. The summed E-state index contributed by atoms with van der Waals surface area (Å²) < 4.78 is 5.30. The summed E-state index contributed by atoms with van der Waals surface area (Å²) in [6.45, 7) is 5.28. The normalized spacial score (nSPS) is 14.5.